The van der Waals surface area contributed by atoms with E-state index in [1.54, 1.807) is 0 Å². The Morgan fingerprint density at radius 2 is 0.946 bits per heavy atom. The van der Waals surface area contributed by atoms with Crippen LogP contribution in [0.1, 0.15) is 5.56 Å². The second-order valence-corrected chi connectivity index (χ2v) is 10.5. The van der Waals surface area contributed by atoms with Gasteiger partial charge in [-0.15, -0.1) is 0 Å². The van der Waals surface area contributed by atoms with Crippen molar-refractivity contribution in [2.45, 2.75) is 0 Å². The highest BCUT2D eigenvalue weighted by Crippen LogP contribution is 2.29. The van der Waals surface area contributed by atoms with Crippen molar-refractivity contribution in [1.82, 2.24) is 5.09 Å². The van der Waals surface area contributed by atoms with Gasteiger partial charge < -0.3 is 9.99 Å². The second kappa shape index (κ2) is 12.7. The number of aliphatic imine (C=N–C) groups is 1. The maximum absolute atomic E-state index is 5.16. The molecular formula is C33H30N3P. The lowest BCUT2D eigenvalue weighted by molar-refractivity contribution is 0.919. The van der Waals surface area contributed by atoms with E-state index in [9.17, 15) is 0 Å². The van der Waals surface area contributed by atoms with Crippen molar-refractivity contribution in [3.05, 3.63) is 157 Å². The third kappa shape index (κ3) is 6.52. The molecule has 0 aliphatic heterocycles. The van der Waals surface area contributed by atoms with Crippen LogP contribution in [0.5, 0.6) is 0 Å². The maximum atomic E-state index is 5.16. The van der Waals surface area contributed by atoms with Gasteiger partial charge in [-0.05, 0) is 24.3 Å². The molecule has 5 aromatic carbocycles. The van der Waals surface area contributed by atoms with Crippen molar-refractivity contribution < 1.29 is 0 Å². The predicted octanol–water partition coefficient (Wildman–Crippen LogP) is 6.91. The SMILES string of the molecule is c1ccc(C(=NCCN(c2ccccc2)c2ccccc2)NP(c2ccccc2)c2ccccc2)cc1. The van der Waals surface area contributed by atoms with E-state index in [0.29, 0.717) is 6.54 Å². The molecule has 0 saturated heterocycles. The third-order valence-corrected chi connectivity index (χ3v) is 8.09. The number of nitrogens with one attached hydrogen (secondary N) is 1. The zero-order valence-electron chi connectivity index (χ0n) is 20.7. The standard InChI is InChI=1S/C33H30N3P/c1-6-16-28(17-7-1)33(35-37(31-22-12-4-13-23-31)32-24-14-5-15-25-32)34-26-27-36(29-18-8-2-9-19-29)30-20-10-3-11-21-30/h1-25H,26-27H2,(H,34,35). The molecule has 37 heavy (non-hydrogen) atoms. The van der Waals surface area contributed by atoms with E-state index in [1.807, 2.05) is 6.07 Å². The molecule has 0 fully saturated rings. The predicted molar refractivity (Wildman–Crippen MR) is 160 cm³/mol. The van der Waals surface area contributed by atoms with Crippen LogP contribution in [-0.4, -0.2) is 18.9 Å². The highest BCUT2D eigenvalue weighted by atomic mass is 31.1. The fraction of sp³-hybridized carbons (Fsp3) is 0.0606. The van der Waals surface area contributed by atoms with E-state index in [1.165, 1.54) is 10.6 Å². The molecule has 0 heterocycles. The highest BCUT2D eigenvalue weighted by molar-refractivity contribution is 7.71. The van der Waals surface area contributed by atoms with Crippen LogP contribution in [0.15, 0.2) is 157 Å². The molecule has 0 radical (unpaired) electrons. The first kappa shape index (κ1) is 24.5. The van der Waals surface area contributed by atoms with E-state index in [-0.39, 0.29) is 0 Å². The largest absolute Gasteiger partial charge is 0.341 e. The number of hydrogen-bond donors (Lipinski definition) is 1. The molecule has 4 heteroatoms. The Kier molecular flexibility index (Phi) is 8.39. The van der Waals surface area contributed by atoms with Gasteiger partial charge in [0.05, 0.1) is 14.6 Å². The first-order chi connectivity index (χ1) is 18.4. The smallest absolute Gasteiger partial charge is 0.132 e. The molecular weight excluding hydrogens is 469 g/mol. The van der Waals surface area contributed by atoms with Crippen LogP contribution < -0.4 is 20.6 Å². The Bertz CT molecular complexity index is 1300. The average Bonchev–Trinajstić information content (AvgIpc) is 2.99. The van der Waals surface area contributed by atoms with Gasteiger partial charge in [0.25, 0.3) is 0 Å². The Morgan fingerprint density at radius 3 is 1.41 bits per heavy atom. The number of hydrogen-bond acceptors (Lipinski definition) is 2. The van der Waals surface area contributed by atoms with Crippen molar-refractivity contribution in [3.8, 4) is 0 Å². The van der Waals surface area contributed by atoms with Crippen LogP contribution in [0.4, 0.5) is 11.4 Å². The van der Waals surface area contributed by atoms with Crippen LogP contribution >= 0.6 is 8.07 Å². The first-order valence-electron chi connectivity index (χ1n) is 12.5. The van der Waals surface area contributed by atoms with Gasteiger partial charge >= 0.3 is 0 Å². The summed E-state index contributed by atoms with van der Waals surface area (Å²) in [7, 11) is -0.828. The monoisotopic (exact) mass is 499 g/mol. The number of amidine groups is 1. The molecule has 0 aromatic heterocycles. The highest BCUT2D eigenvalue weighted by Gasteiger charge is 2.17. The van der Waals surface area contributed by atoms with Crippen LogP contribution in [0.2, 0.25) is 0 Å². The van der Waals surface area contributed by atoms with Crippen LogP contribution in [0.3, 0.4) is 0 Å². The van der Waals surface area contributed by atoms with Crippen LogP contribution in [0.25, 0.3) is 0 Å². The summed E-state index contributed by atoms with van der Waals surface area (Å²) in [4.78, 5) is 7.48. The van der Waals surface area contributed by atoms with Gasteiger partial charge in [0.2, 0.25) is 0 Å². The van der Waals surface area contributed by atoms with Gasteiger partial charge in [-0.3, -0.25) is 4.99 Å². The fourth-order valence-corrected chi connectivity index (χ4v) is 6.12. The lowest BCUT2D eigenvalue weighted by Crippen LogP contribution is -2.30. The van der Waals surface area contributed by atoms with Gasteiger partial charge in [0, 0.05) is 34.1 Å². The van der Waals surface area contributed by atoms with Gasteiger partial charge in [-0.2, -0.15) is 0 Å². The lowest BCUT2D eigenvalue weighted by Gasteiger charge is -2.25. The Hall–Kier alpha value is -4.20. The third-order valence-electron chi connectivity index (χ3n) is 6.02. The summed E-state index contributed by atoms with van der Waals surface area (Å²) < 4.78 is 0. The second-order valence-electron chi connectivity index (χ2n) is 8.54. The fourth-order valence-electron chi connectivity index (χ4n) is 4.21. The summed E-state index contributed by atoms with van der Waals surface area (Å²) in [5.74, 6) is 0.917. The van der Waals surface area contributed by atoms with Gasteiger partial charge in [-0.25, -0.2) is 0 Å². The van der Waals surface area contributed by atoms with E-state index in [4.69, 9.17) is 4.99 Å². The molecule has 0 amide bonds. The molecule has 5 rings (SSSR count). The van der Waals surface area contributed by atoms with Gasteiger partial charge in [-0.1, -0.05) is 127 Å². The summed E-state index contributed by atoms with van der Waals surface area (Å²) in [6, 6.07) is 52.8. The quantitative estimate of drug-likeness (QED) is 0.136. The summed E-state index contributed by atoms with van der Waals surface area (Å²) in [5.41, 5.74) is 3.41. The molecule has 0 unspecified atom stereocenters. The first-order valence-corrected chi connectivity index (χ1v) is 13.9. The van der Waals surface area contributed by atoms with Crippen molar-refractivity contribution in [3.63, 3.8) is 0 Å². The Balaban J connectivity index is 1.46. The number of para-hydroxylation sites is 2. The van der Waals surface area contributed by atoms with Crippen molar-refractivity contribution in [2.75, 3.05) is 18.0 Å². The summed E-state index contributed by atoms with van der Waals surface area (Å²) in [6.45, 7) is 1.41. The molecule has 0 aliphatic rings. The molecule has 1 N–H and O–H groups in total. The Labute approximate surface area is 221 Å². The minimum atomic E-state index is -0.828. The van der Waals surface area contributed by atoms with Crippen molar-refractivity contribution >= 4 is 35.9 Å². The van der Waals surface area contributed by atoms with E-state index >= 15 is 0 Å². The van der Waals surface area contributed by atoms with Crippen molar-refractivity contribution in [2.24, 2.45) is 4.99 Å². The van der Waals surface area contributed by atoms with Gasteiger partial charge in [0.1, 0.15) is 5.84 Å². The molecule has 182 valence electrons. The number of rotatable bonds is 9. The summed E-state index contributed by atoms with van der Waals surface area (Å²) >= 11 is 0. The molecule has 0 atom stereocenters. The molecule has 0 spiro atoms. The van der Waals surface area contributed by atoms with E-state index in [0.717, 1.165) is 29.3 Å². The number of anilines is 2. The van der Waals surface area contributed by atoms with E-state index in [2.05, 4.69) is 156 Å². The molecule has 0 saturated carbocycles. The topological polar surface area (TPSA) is 27.6 Å². The molecule has 0 aliphatic carbocycles. The maximum Gasteiger partial charge on any atom is 0.132 e. The molecule has 0 bridgehead atoms. The minimum Gasteiger partial charge on any atom is -0.341 e. The molecule has 3 nitrogen and oxygen atoms in total. The van der Waals surface area contributed by atoms with Crippen LogP contribution in [0, 0.1) is 0 Å². The van der Waals surface area contributed by atoms with Crippen LogP contribution in [-0.2, 0) is 0 Å². The lowest BCUT2D eigenvalue weighted by atomic mass is 10.2. The normalized spacial score (nSPS) is 11.3. The minimum absolute atomic E-state index is 0.647. The summed E-state index contributed by atoms with van der Waals surface area (Å²) in [5, 5.41) is 6.39. The van der Waals surface area contributed by atoms with Gasteiger partial charge in [0.15, 0.2) is 0 Å². The number of benzene rings is 5. The molecule has 5 aromatic rings. The zero-order valence-corrected chi connectivity index (χ0v) is 21.6. The van der Waals surface area contributed by atoms with E-state index < -0.39 is 8.07 Å². The summed E-state index contributed by atoms with van der Waals surface area (Å²) in [6.07, 6.45) is 0. The zero-order chi connectivity index (χ0) is 25.1. The van der Waals surface area contributed by atoms with Crippen molar-refractivity contribution in [1.29, 1.82) is 0 Å². The average molecular weight is 500 g/mol. The number of nitrogens with zero attached hydrogens (tertiary/aromatic N) is 2. The Morgan fingerprint density at radius 1 is 0.541 bits per heavy atom.